The standard InChI is InChI=1S/C20H22BrN3O3/c1-12(2)18(24-19(26)14-7-5-4-6-8-14)20(27)23-17-11-15(21)9-10-16(17)22-13(3)25/h4-12,18H,1-3H3,(H,22,25)(H,23,27)(H,24,26). The summed E-state index contributed by atoms with van der Waals surface area (Å²) in [5.74, 6) is -1.06. The van der Waals surface area contributed by atoms with E-state index in [0.717, 1.165) is 4.47 Å². The summed E-state index contributed by atoms with van der Waals surface area (Å²) in [4.78, 5) is 36.6. The molecular weight excluding hydrogens is 410 g/mol. The number of nitrogens with one attached hydrogen (secondary N) is 3. The number of anilines is 2. The molecule has 7 heteroatoms. The third-order valence-corrected chi connectivity index (χ3v) is 4.32. The molecule has 0 aliphatic rings. The number of amides is 3. The van der Waals surface area contributed by atoms with E-state index >= 15 is 0 Å². The Morgan fingerprint density at radius 1 is 0.926 bits per heavy atom. The maximum absolute atomic E-state index is 12.8. The normalized spacial score (nSPS) is 11.6. The van der Waals surface area contributed by atoms with Crippen LogP contribution in [0.2, 0.25) is 0 Å². The average molecular weight is 432 g/mol. The zero-order valence-electron chi connectivity index (χ0n) is 15.4. The second kappa shape index (κ2) is 9.32. The maximum Gasteiger partial charge on any atom is 0.251 e. The van der Waals surface area contributed by atoms with Crippen molar-refractivity contribution in [1.82, 2.24) is 5.32 Å². The van der Waals surface area contributed by atoms with Crippen LogP contribution in [0, 0.1) is 5.92 Å². The molecule has 0 saturated carbocycles. The lowest BCUT2D eigenvalue weighted by Crippen LogP contribution is -2.47. The molecule has 1 unspecified atom stereocenters. The molecule has 6 nitrogen and oxygen atoms in total. The fraction of sp³-hybridized carbons (Fsp3) is 0.250. The summed E-state index contributed by atoms with van der Waals surface area (Å²) in [6.07, 6.45) is 0. The summed E-state index contributed by atoms with van der Waals surface area (Å²) in [7, 11) is 0. The van der Waals surface area contributed by atoms with Crippen molar-refractivity contribution in [1.29, 1.82) is 0 Å². The van der Waals surface area contributed by atoms with Crippen molar-refractivity contribution in [2.24, 2.45) is 5.92 Å². The summed E-state index contributed by atoms with van der Waals surface area (Å²) in [6.45, 7) is 5.10. The summed E-state index contributed by atoms with van der Waals surface area (Å²) in [5.41, 5.74) is 1.41. The van der Waals surface area contributed by atoms with Gasteiger partial charge in [-0.05, 0) is 36.2 Å². The lowest BCUT2D eigenvalue weighted by molar-refractivity contribution is -0.119. The van der Waals surface area contributed by atoms with Crippen LogP contribution in [0.5, 0.6) is 0 Å². The van der Waals surface area contributed by atoms with Gasteiger partial charge in [-0.25, -0.2) is 0 Å². The molecule has 2 aromatic carbocycles. The van der Waals surface area contributed by atoms with E-state index in [9.17, 15) is 14.4 Å². The predicted octanol–water partition coefficient (Wildman–Crippen LogP) is 3.80. The number of hydrogen-bond acceptors (Lipinski definition) is 3. The second-order valence-corrected chi connectivity index (χ2v) is 7.34. The van der Waals surface area contributed by atoms with Crippen molar-refractivity contribution in [3.05, 3.63) is 58.6 Å². The molecule has 142 valence electrons. The molecule has 0 radical (unpaired) electrons. The van der Waals surface area contributed by atoms with Crippen LogP contribution in [-0.2, 0) is 9.59 Å². The van der Waals surface area contributed by atoms with E-state index in [1.165, 1.54) is 6.92 Å². The Kier molecular flexibility index (Phi) is 7.12. The number of hydrogen-bond donors (Lipinski definition) is 3. The van der Waals surface area contributed by atoms with Gasteiger partial charge in [-0.2, -0.15) is 0 Å². The first-order valence-corrected chi connectivity index (χ1v) is 9.31. The zero-order chi connectivity index (χ0) is 20.0. The SMILES string of the molecule is CC(=O)Nc1ccc(Br)cc1NC(=O)C(NC(=O)c1ccccc1)C(C)C. The van der Waals surface area contributed by atoms with E-state index in [1.54, 1.807) is 42.5 Å². The van der Waals surface area contributed by atoms with Gasteiger partial charge in [0.15, 0.2) is 0 Å². The minimum atomic E-state index is -0.734. The zero-order valence-corrected chi connectivity index (χ0v) is 17.0. The van der Waals surface area contributed by atoms with Gasteiger partial charge in [0.2, 0.25) is 11.8 Å². The van der Waals surface area contributed by atoms with E-state index in [-0.39, 0.29) is 23.6 Å². The van der Waals surface area contributed by atoms with E-state index in [0.29, 0.717) is 16.9 Å². The highest BCUT2D eigenvalue weighted by atomic mass is 79.9. The van der Waals surface area contributed by atoms with Crippen LogP contribution in [0.1, 0.15) is 31.1 Å². The molecule has 0 bridgehead atoms. The first-order valence-electron chi connectivity index (χ1n) is 8.52. The van der Waals surface area contributed by atoms with Crippen molar-refractivity contribution in [3.63, 3.8) is 0 Å². The maximum atomic E-state index is 12.8. The second-order valence-electron chi connectivity index (χ2n) is 6.42. The lowest BCUT2D eigenvalue weighted by Gasteiger charge is -2.22. The molecular formula is C20H22BrN3O3. The van der Waals surface area contributed by atoms with Crippen molar-refractivity contribution >= 4 is 45.0 Å². The van der Waals surface area contributed by atoms with Gasteiger partial charge in [-0.3, -0.25) is 14.4 Å². The van der Waals surface area contributed by atoms with Crippen molar-refractivity contribution in [3.8, 4) is 0 Å². The number of benzene rings is 2. The largest absolute Gasteiger partial charge is 0.340 e. The number of carbonyl (C=O) groups excluding carboxylic acids is 3. The number of rotatable bonds is 6. The van der Waals surface area contributed by atoms with Crippen molar-refractivity contribution in [2.75, 3.05) is 10.6 Å². The van der Waals surface area contributed by atoms with Gasteiger partial charge in [-0.1, -0.05) is 48.0 Å². The first kappa shape index (κ1) is 20.6. The van der Waals surface area contributed by atoms with Crippen LogP contribution >= 0.6 is 15.9 Å². The molecule has 0 heterocycles. The summed E-state index contributed by atoms with van der Waals surface area (Å²) in [6, 6.07) is 13.1. The summed E-state index contributed by atoms with van der Waals surface area (Å²) < 4.78 is 0.751. The molecule has 27 heavy (non-hydrogen) atoms. The topological polar surface area (TPSA) is 87.3 Å². The van der Waals surface area contributed by atoms with Gasteiger partial charge in [0, 0.05) is 17.0 Å². The number of halogens is 1. The highest BCUT2D eigenvalue weighted by molar-refractivity contribution is 9.10. The summed E-state index contributed by atoms with van der Waals surface area (Å²) in [5, 5.41) is 8.25. The molecule has 0 aliphatic heterocycles. The molecule has 0 aliphatic carbocycles. The van der Waals surface area contributed by atoms with Crippen LogP contribution in [0.25, 0.3) is 0 Å². The van der Waals surface area contributed by atoms with Crippen LogP contribution < -0.4 is 16.0 Å². The molecule has 2 rings (SSSR count). The highest BCUT2D eigenvalue weighted by Crippen LogP contribution is 2.26. The van der Waals surface area contributed by atoms with Gasteiger partial charge in [0.05, 0.1) is 11.4 Å². The Morgan fingerprint density at radius 3 is 2.19 bits per heavy atom. The van der Waals surface area contributed by atoms with E-state index in [4.69, 9.17) is 0 Å². The smallest absolute Gasteiger partial charge is 0.251 e. The third kappa shape index (κ3) is 5.92. The monoisotopic (exact) mass is 431 g/mol. The Hall–Kier alpha value is -2.67. The third-order valence-electron chi connectivity index (χ3n) is 3.82. The quantitative estimate of drug-likeness (QED) is 0.649. The molecule has 1 atom stereocenters. The van der Waals surface area contributed by atoms with Crippen LogP contribution in [0.4, 0.5) is 11.4 Å². The molecule has 3 N–H and O–H groups in total. The van der Waals surface area contributed by atoms with Gasteiger partial charge < -0.3 is 16.0 Å². The lowest BCUT2D eigenvalue weighted by atomic mass is 10.0. The van der Waals surface area contributed by atoms with Gasteiger partial charge in [-0.15, -0.1) is 0 Å². The Morgan fingerprint density at radius 2 is 1.59 bits per heavy atom. The van der Waals surface area contributed by atoms with E-state index < -0.39 is 6.04 Å². The molecule has 0 aromatic heterocycles. The van der Waals surface area contributed by atoms with Gasteiger partial charge >= 0.3 is 0 Å². The molecule has 3 amide bonds. The van der Waals surface area contributed by atoms with Crippen LogP contribution in [0.15, 0.2) is 53.0 Å². The predicted molar refractivity (Wildman–Crippen MR) is 110 cm³/mol. The average Bonchev–Trinajstić information content (AvgIpc) is 2.61. The minimum absolute atomic E-state index is 0.131. The first-order chi connectivity index (χ1) is 12.8. The van der Waals surface area contributed by atoms with E-state index in [2.05, 4.69) is 31.9 Å². The Labute approximate surface area is 166 Å². The van der Waals surface area contributed by atoms with Crippen LogP contribution in [0.3, 0.4) is 0 Å². The molecule has 2 aromatic rings. The van der Waals surface area contributed by atoms with Crippen molar-refractivity contribution < 1.29 is 14.4 Å². The Bertz CT molecular complexity index is 838. The molecule has 0 fully saturated rings. The fourth-order valence-corrected chi connectivity index (χ4v) is 2.84. The minimum Gasteiger partial charge on any atom is -0.340 e. The van der Waals surface area contributed by atoms with Gasteiger partial charge in [0.25, 0.3) is 5.91 Å². The fourth-order valence-electron chi connectivity index (χ4n) is 2.48. The van der Waals surface area contributed by atoms with Gasteiger partial charge in [0.1, 0.15) is 6.04 Å². The number of carbonyl (C=O) groups is 3. The molecule has 0 spiro atoms. The summed E-state index contributed by atoms with van der Waals surface area (Å²) >= 11 is 3.36. The van der Waals surface area contributed by atoms with Crippen LogP contribution in [-0.4, -0.2) is 23.8 Å². The Balaban J connectivity index is 2.19. The molecule has 0 saturated heterocycles. The van der Waals surface area contributed by atoms with Crippen molar-refractivity contribution in [2.45, 2.75) is 26.8 Å². The van der Waals surface area contributed by atoms with E-state index in [1.807, 2.05) is 19.9 Å². The highest BCUT2D eigenvalue weighted by Gasteiger charge is 2.25.